The van der Waals surface area contributed by atoms with Crippen molar-refractivity contribution in [3.63, 3.8) is 0 Å². The monoisotopic (exact) mass is 260 g/mol. The molecule has 1 aliphatic heterocycles. The molecule has 102 valence electrons. The first-order chi connectivity index (χ1) is 9.18. The van der Waals surface area contributed by atoms with Crippen molar-refractivity contribution in [1.82, 2.24) is 4.90 Å². The van der Waals surface area contributed by atoms with Gasteiger partial charge in [-0.3, -0.25) is 9.69 Å². The molecule has 0 spiro atoms. The Morgan fingerprint density at radius 1 is 1.47 bits per heavy atom. The van der Waals surface area contributed by atoms with Gasteiger partial charge in [-0.1, -0.05) is 42.5 Å². The lowest BCUT2D eigenvalue weighted by atomic mass is 10.1. The van der Waals surface area contributed by atoms with Gasteiger partial charge in [0.25, 0.3) is 0 Å². The van der Waals surface area contributed by atoms with Crippen LogP contribution in [0.25, 0.3) is 6.08 Å². The number of ether oxygens (including phenoxy) is 1. The number of benzene rings is 1. The third-order valence-electron chi connectivity index (χ3n) is 3.34. The summed E-state index contributed by atoms with van der Waals surface area (Å²) in [4.78, 5) is 13.6. The van der Waals surface area contributed by atoms with Crippen molar-refractivity contribution < 1.29 is 9.53 Å². The predicted molar refractivity (Wildman–Crippen MR) is 75.4 cm³/mol. The van der Waals surface area contributed by atoms with Gasteiger partial charge in [0, 0.05) is 13.1 Å². The minimum atomic E-state index is -0.339. The first-order valence-corrected chi connectivity index (χ1v) is 6.55. The topological polar surface area (TPSA) is 55.6 Å². The Bertz CT molecular complexity index is 445. The van der Waals surface area contributed by atoms with Crippen molar-refractivity contribution in [2.24, 2.45) is 5.73 Å². The molecule has 0 aliphatic carbocycles. The Balaban J connectivity index is 1.97. The van der Waals surface area contributed by atoms with Crippen LogP contribution < -0.4 is 5.73 Å². The highest BCUT2D eigenvalue weighted by atomic mass is 16.5. The molecule has 1 heterocycles. The fraction of sp³-hybridized carbons (Fsp3) is 0.400. The largest absolute Gasteiger partial charge is 0.375 e. The quantitative estimate of drug-likeness (QED) is 0.887. The first-order valence-electron chi connectivity index (χ1n) is 6.55. The summed E-state index contributed by atoms with van der Waals surface area (Å²) in [7, 11) is 0. The third-order valence-corrected chi connectivity index (χ3v) is 3.34. The van der Waals surface area contributed by atoms with Gasteiger partial charge in [-0.15, -0.1) is 0 Å². The van der Waals surface area contributed by atoms with Crippen molar-refractivity contribution >= 4 is 12.0 Å². The zero-order valence-corrected chi connectivity index (χ0v) is 11.2. The average Bonchev–Trinajstić information content (AvgIpc) is 2.39. The average molecular weight is 260 g/mol. The highest BCUT2D eigenvalue weighted by Crippen LogP contribution is 2.14. The molecule has 0 bridgehead atoms. The van der Waals surface area contributed by atoms with E-state index < -0.39 is 0 Å². The van der Waals surface area contributed by atoms with Crippen LogP contribution in [-0.2, 0) is 9.53 Å². The molecule has 1 aliphatic rings. The molecule has 2 N–H and O–H groups in total. The molecular formula is C15H20N2O2. The van der Waals surface area contributed by atoms with E-state index in [-0.39, 0.29) is 18.1 Å². The Morgan fingerprint density at radius 2 is 2.21 bits per heavy atom. The third kappa shape index (κ3) is 3.66. The molecule has 0 aromatic heterocycles. The van der Waals surface area contributed by atoms with E-state index in [1.165, 1.54) is 0 Å². The van der Waals surface area contributed by atoms with Gasteiger partial charge in [0.2, 0.25) is 5.91 Å². The van der Waals surface area contributed by atoms with Crippen molar-refractivity contribution in [2.45, 2.75) is 19.1 Å². The second kappa shape index (κ2) is 6.50. The summed E-state index contributed by atoms with van der Waals surface area (Å²) < 4.78 is 5.48. The van der Waals surface area contributed by atoms with E-state index in [2.05, 4.69) is 17.1 Å². The maximum Gasteiger partial charge on any atom is 0.237 e. The molecule has 2 atom stereocenters. The minimum Gasteiger partial charge on any atom is -0.375 e. The van der Waals surface area contributed by atoms with Gasteiger partial charge in [-0.25, -0.2) is 0 Å². The number of primary amides is 1. The van der Waals surface area contributed by atoms with Crippen molar-refractivity contribution in [2.75, 3.05) is 19.7 Å². The lowest BCUT2D eigenvalue weighted by Gasteiger charge is -2.37. The fourth-order valence-corrected chi connectivity index (χ4v) is 2.39. The summed E-state index contributed by atoms with van der Waals surface area (Å²) in [5.74, 6) is -0.319. The smallest absolute Gasteiger partial charge is 0.237 e. The van der Waals surface area contributed by atoms with Crippen molar-refractivity contribution in [3.8, 4) is 0 Å². The van der Waals surface area contributed by atoms with Crippen LogP contribution in [0, 0.1) is 0 Å². The van der Waals surface area contributed by atoms with Gasteiger partial charge >= 0.3 is 0 Å². The predicted octanol–water partition coefficient (Wildman–Crippen LogP) is 1.27. The van der Waals surface area contributed by atoms with Gasteiger partial charge < -0.3 is 10.5 Å². The molecule has 1 aromatic carbocycles. The Labute approximate surface area is 113 Å². The number of hydrogen-bond donors (Lipinski definition) is 1. The number of morpholine rings is 1. The van der Waals surface area contributed by atoms with Gasteiger partial charge in [0.05, 0.1) is 12.7 Å². The Morgan fingerprint density at radius 3 is 2.89 bits per heavy atom. The van der Waals surface area contributed by atoms with Crippen LogP contribution in [0.1, 0.15) is 12.5 Å². The summed E-state index contributed by atoms with van der Waals surface area (Å²) in [5, 5.41) is 0. The lowest BCUT2D eigenvalue weighted by Crippen LogP contribution is -2.56. The summed E-state index contributed by atoms with van der Waals surface area (Å²) in [5.41, 5.74) is 6.60. The van der Waals surface area contributed by atoms with Gasteiger partial charge in [0.15, 0.2) is 0 Å². The van der Waals surface area contributed by atoms with Crippen LogP contribution in [0.15, 0.2) is 36.4 Å². The van der Waals surface area contributed by atoms with E-state index in [1.54, 1.807) is 0 Å². The summed E-state index contributed by atoms with van der Waals surface area (Å²) in [6.45, 7) is 3.97. The molecule has 1 aromatic rings. The molecule has 0 radical (unpaired) electrons. The van der Waals surface area contributed by atoms with Crippen LogP contribution in [-0.4, -0.2) is 42.6 Å². The lowest BCUT2D eigenvalue weighted by molar-refractivity contribution is -0.134. The van der Waals surface area contributed by atoms with E-state index in [4.69, 9.17) is 10.5 Å². The maximum atomic E-state index is 11.5. The molecule has 4 heteroatoms. The van der Waals surface area contributed by atoms with E-state index in [0.29, 0.717) is 13.2 Å². The van der Waals surface area contributed by atoms with Gasteiger partial charge in [-0.05, 0) is 12.5 Å². The summed E-state index contributed by atoms with van der Waals surface area (Å²) >= 11 is 0. The summed E-state index contributed by atoms with van der Waals surface area (Å²) in [6.07, 6.45) is 3.97. The van der Waals surface area contributed by atoms with Crippen molar-refractivity contribution in [3.05, 3.63) is 42.0 Å². The number of amides is 1. The number of nitrogens with zero attached hydrogens (tertiary/aromatic N) is 1. The van der Waals surface area contributed by atoms with Crippen LogP contribution in [0.4, 0.5) is 0 Å². The molecule has 1 saturated heterocycles. The number of carbonyl (C=O) groups is 1. The second-order valence-electron chi connectivity index (χ2n) is 4.73. The van der Waals surface area contributed by atoms with E-state index in [1.807, 2.05) is 37.3 Å². The molecule has 1 fully saturated rings. The van der Waals surface area contributed by atoms with E-state index in [9.17, 15) is 4.79 Å². The number of nitrogens with two attached hydrogens (primary N) is 1. The molecule has 4 nitrogen and oxygen atoms in total. The zero-order chi connectivity index (χ0) is 13.7. The second-order valence-corrected chi connectivity index (χ2v) is 4.73. The van der Waals surface area contributed by atoms with Crippen LogP contribution in [0.5, 0.6) is 0 Å². The minimum absolute atomic E-state index is 0.142. The molecule has 0 saturated carbocycles. The molecular weight excluding hydrogens is 240 g/mol. The number of rotatable bonds is 4. The summed E-state index contributed by atoms with van der Waals surface area (Å²) in [6, 6.07) is 9.75. The standard InChI is InChI=1S/C15H20N2O2/c1-12-14(15(16)18)17(10-11-19-12)9-5-8-13-6-3-2-4-7-13/h2-8,12,14H,9-11H2,1H3,(H2,16,18)/b8-5+/t12-,14+/m1/s1. The number of hydrogen-bond acceptors (Lipinski definition) is 3. The van der Waals surface area contributed by atoms with Gasteiger partial charge in [0.1, 0.15) is 6.04 Å². The first kappa shape index (κ1) is 13.8. The molecule has 0 unspecified atom stereocenters. The van der Waals surface area contributed by atoms with E-state index >= 15 is 0 Å². The fourth-order valence-electron chi connectivity index (χ4n) is 2.39. The van der Waals surface area contributed by atoms with Crippen LogP contribution in [0.3, 0.4) is 0 Å². The van der Waals surface area contributed by atoms with Gasteiger partial charge in [-0.2, -0.15) is 0 Å². The Kier molecular flexibility index (Phi) is 4.71. The maximum absolute atomic E-state index is 11.5. The molecule has 19 heavy (non-hydrogen) atoms. The highest BCUT2D eigenvalue weighted by Gasteiger charge is 2.32. The van der Waals surface area contributed by atoms with Crippen LogP contribution in [0.2, 0.25) is 0 Å². The SMILES string of the molecule is C[C@H]1OCCN(C/C=C/c2ccccc2)[C@@H]1C(N)=O. The van der Waals surface area contributed by atoms with Crippen LogP contribution >= 0.6 is 0 Å². The normalized spacial score (nSPS) is 24.7. The van der Waals surface area contributed by atoms with E-state index in [0.717, 1.165) is 12.1 Å². The molecule has 2 rings (SSSR count). The van der Waals surface area contributed by atoms with Crippen molar-refractivity contribution in [1.29, 1.82) is 0 Å². The highest BCUT2D eigenvalue weighted by molar-refractivity contribution is 5.80. The molecule has 1 amide bonds. The zero-order valence-electron chi connectivity index (χ0n) is 11.2. The Hall–Kier alpha value is -1.65. The number of carbonyl (C=O) groups excluding carboxylic acids is 1.